The number of nitrogens with zero attached hydrogens (tertiary/aromatic N) is 1. The molecule has 1 aliphatic heterocycles. The number of halogens is 1. The predicted molar refractivity (Wildman–Crippen MR) is 77.3 cm³/mol. The zero-order valence-corrected chi connectivity index (χ0v) is 11.9. The molecular weight excluding hydrogens is 292 g/mol. The molecule has 1 N–H and O–H groups in total. The van der Waals surface area contributed by atoms with Crippen LogP contribution in [0.1, 0.15) is 18.4 Å². The van der Waals surface area contributed by atoms with Crippen molar-refractivity contribution in [3.05, 3.63) is 34.9 Å². The molecule has 21 heavy (non-hydrogen) atoms. The lowest BCUT2D eigenvalue weighted by atomic mass is 10.2. The highest BCUT2D eigenvalue weighted by atomic mass is 35.5. The summed E-state index contributed by atoms with van der Waals surface area (Å²) in [5.74, 6) is 4.62. The fraction of sp³-hybridized carbons (Fsp3) is 0.267. The van der Waals surface area contributed by atoms with Crippen molar-refractivity contribution in [2.75, 3.05) is 13.1 Å². The normalized spacial score (nSPS) is 13.9. The Hall–Kier alpha value is -2.32. The number of nitrogens with one attached hydrogen (secondary N) is 1. The van der Waals surface area contributed by atoms with Gasteiger partial charge in [-0.15, -0.1) is 0 Å². The molecule has 0 saturated carbocycles. The van der Waals surface area contributed by atoms with E-state index in [1.165, 1.54) is 0 Å². The Morgan fingerprint density at radius 1 is 1.29 bits per heavy atom. The lowest BCUT2D eigenvalue weighted by molar-refractivity contribution is -0.142. The summed E-state index contributed by atoms with van der Waals surface area (Å²) in [6.45, 7) is -0.0991. The summed E-state index contributed by atoms with van der Waals surface area (Å²) in [6, 6.07) is 7.06. The Morgan fingerprint density at radius 3 is 2.67 bits per heavy atom. The smallest absolute Gasteiger partial charge is 0.240 e. The van der Waals surface area contributed by atoms with Gasteiger partial charge in [0.1, 0.15) is 6.54 Å². The van der Waals surface area contributed by atoms with Gasteiger partial charge < -0.3 is 5.32 Å². The number of hydrogen-bond acceptors (Lipinski definition) is 3. The fourth-order valence-electron chi connectivity index (χ4n) is 1.85. The van der Waals surface area contributed by atoms with Crippen LogP contribution in [0.5, 0.6) is 0 Å². The molecule has 1 saturated heterocycles. The van der Waals surface area contributed by atoms with Gasteiger partial charge in [0.15, 0.2) is 0 Å². The van der Waals surface area contributed by atoms with Crippen molar-refractivity contribution < 1.29 is 14.4 Å². The van der Waals surface area contributed by atoms with E-state index >= 15 is 0 Å². The first kappa shape index (κ1) is 15.1. The van der Waals surface area contributed by atoms with Crippen LogP contribution >= 0.6 is 11.6 Å². The van der Waals surface area contributed by atoms with E-state index in [4.69, 9.17) is 11.6 Å². The van der Waals surface area contributed by atoms with Gasteiger partial charge in [-0.25, -0.2) is 0 Å². The van der Waals surface area contributed by atoms with E-state index in [-0.39, 0.29) is 37.7 Å². The maximum atomic E-state index is 11.6. The third kappa shape index (κ3) is 4.33. The first-order valence-electron chi connectivity index (χ1n) is 6.40. The van der Waals surface area contributed by atoms with Gasteiger partial charge in [-0.3, -0.25) is 19.3 Å². The van der Waals surface area contributed by atoms with Crippen LogP contribution in [0, 0.1) is 11.8 Å². The fourth-order valence-corrected chi connectivity index (χ4v) is 2.04. The van der Waals surface area contributed by atoms with E-state index < -0.39 is 5.91 Å². The second-order valence-electron chi connectivity index (χ2n) is 4.46. The second kappa shape index (κ2) is 6.91. The average Bonchev–Trinajstić information content (AvgIpc) is 2.76. The Balaban J connectivity index is 1.80. The maximum Gasteiger partial charge on any atom is 0.240 e. The van der Waals surface area contributed by atoms with Gasteiger partial charge >= 0.3 is 0 Å². The zero-order valence-electron chi connectivity index (χ0n) is 11.2. The SMILES string of the molecule is O=C(CN1C(=O)CCC1=O)NCC#Cc1cccc(Cl)c1. The number of rotatable bonds is 3. The van der Waals surface area contributed by atoms with Crippen molar-refractivity contribution in [3.63, 3.8) is 0 Å². The highest BCUT2D eigenvalue weighted by Gasteiger charge is 2.30. The lowest BCUT2D eigenvalue weighted by Gasteiger charge is -2.12. The summed E-state index contributed by atoms with van der Waals surface area (Å²) in [7, 11) is 0. The first-order valence-corrected chi connectivity index (χ1v) is 6.78. The molecule has 0 bridgehead atoms. The summed E-state index contributed by atoms with van der Waals surface area (Å²) in [5, 5.41) is 3.14. The third-order valence-corrected chi connectivity index (χ3v) is 3.12. The molecule has 108 valence electrons. The number of carbonyl (C=O) groups excluding carboxylic acids is 3. The van der Waals surface area contributed by atoms with Gasteiger partial charge in [-0.2, -0.15) is 0 Å². The van der Waals surface area contributed by atoms with E-state index in [1.54, 1.807) is 18.2 Å². The van der Waals surface area contributed by atoms with E-state index in [0.29, 0.717) is 5.02 Å². The highest BCUT2D eigenvalue weighted by molar-refractivity contribution is 6.30. The van der Waals surface area contributed by atoms with Crippen LogP contribution in [0.2, 0.25) is 5.02 Å². The summed E-state index contributed by atoms with van der Waals surface area (Å²) < 4.78 is 0. The number of benzene rings is 1. The van der Waals surface area contributed by atoms with Crippen molar-refractivity contribution >= 4 is 29.3 Å². The largest absolute Gasteiger partial charge is 0.344 e. The Bertz CT molecular complexity index is 630. The summed E-state index contributed by atoms with van der Waals surface area (Å²) in [4.78, 5) is 35.3. The number of hydrogen-bond donors (Lipinski definition) is 1. The summed E-state index contributed by atoms with van der Waals surface area (Å²) >= 11 is 5.82. The molecular formula is C15H13ClN2O3. The van der Waals surface area contributed by atoms with Crippen LogP contribution in [0.3, 0.4) is 0 Å². The minimum atomic E-state index is -0.404. The Morgan fingerprint density at radius 2 is 2.00 bits per heavy atom. The van der Waals surface area contributed by atoms with Gasteiger partial charge in [0.2, 0.25) is 17.7 Å². The van der Waals surface area contributed by atoms with Gasteiger partial charge in [-0.1, -0.05) is 29.5 Å². The van der Waals surface area contributed by atoms with Gasteiger partial charge in [0.25, 0.3) is 0 Å². The van der Waals surface area contributed by atoms with Crippen LogP contribution in [0.4, 0.5) is 0 Å². The van der Waals surface area contributed by atoms with Crippen LogP contribution in [-0.4, -0.2) is 35.7 Å². The maximum absolute atomic E-state index is 11.6. The van der Waals surface area contributed by atoms with Crippen molar-refractivity contribution in [2.24, 2.45) is 0 Å². The quantitative estimate of drug-likeness (QED) is 0.668. The molecule has 1 fully saturated rings. The lowest BCUT2D eigenvalue weighted by Crippen LogP contribution is -2.40. The first-order chi connectivity index (χ1) is 10.1. The molecule has 1 aromatic rings. The van der Waals surface area contributed by atoms with Crippen LogP contribution in [0.25, 0.3) is 0 Å². The van der Waals surface area contributed by atoms with Crippen molar-refractivity contribution in [1.29, 1.82) is 0 Å². The topological polar surface area (TPSA) is 66.5 Å². The van der Waals surface area contributed by atoms with Crippen molar-refractivity contribution in [1.82, 2.24) is 10.2 Å². The van der Waals surface area contributed by atoms with Crippen LogP contribution in [0.15, 0.2) is 24.3 Å². The molecule has 0 aliphatic carbocycles. The molecule has 0 aromatic heterocycles. The molecule has 1 heterocycles. The molecule has 1 aliphatic rings. The standard InChI is InChI=1S/C15H13ClN2O3/c16-12-5-1-3-11(9-12)4-2-8-17-13(19)10-18-14(20)6-7-15(18)21/h1,3,5,9H,6-8,10H2,(H,17,19). The third-order valence-electron chi connectivity index (χ3n) is 2.89. The molecule has 1 aromatic carbocycles. The number of likely N-dealkylation sites (tertiary alicyclic amines) is 1. The molecule has 0 unspecified atom stereocenters. The summed E-state index contributed by atoms with van der Waals surface area (Å²) in [6.07, 6.45) is 0.362. The minimum absolute atomic E-state index is 0.140. The molecule has 0 radical (unpaired) electrons. The molecule has 6 heteroatoms. The second-order valence-corrected chi connectivity index (χ2v) is 4.90. The van der Waals surface area contributed by atoms with Gasteiger partial charge in [0.05, 0.1) is 6.54 Å². The predicted octanol–water partition coefficient (Wildman–Crippen LogP) is 0.957. The number of amides is 3. The van der Waals surface area contributed by atoms with Gasteiger partial charge in [0, 0.05) is 23.4 Å². The van der Waals surface area contributed by atoms with E-state index in [2.05, 4.69) is 17.2 Å². The summed E-state index contributed by atoms with van der Waals surface area (Å²) in [5.41, 5.74) is 0.752. The van der Waals surface area contributed by atoms with Crippen LogP contribution < -0.4 is 5.32 Å². The van der Waals surface area contributed by atoms with E-state index in [9.17, 15) is 14.4 Å². The Kier molecular flexibility index (Phi) is 4.96. The van der Waals surface area contributed by atoms with Gasteiger partial charge in [-0.05, 0) is 18.2 Å². The number of imide groups is 1. The Labute approximate surface area is 127 Å². The van der Waals surface area contributed by atoms with E-state index in [0.717, 1.165) is 10.5 Å². The molecule has 3 amide bonds. The average molecular weight is 305 g/mol. The van der Waals surface area contributed by atoms with Crippen molar-refractivity contribution in [3.8, 4) is 11.8 Å². The highest BCUT2D eigenvalue weighted by Crippen LogP contribution is 2.10. The molecule has 0 spiro atoms. The zero-order chi connectivity index (χ0) is 15.2. The monoisotopic (exact) mass is 304 g/mol. The minimum Gasteiger partial charge on any atom is -0.344 e. The molecule has 0 atom stereocenters. The molecule has 5 nitrogen and oxygen atoms in total. The molecule has 2 rings (SSSR count). The number of carbonyl (C=O) groups is 3. The van der Waals surface area contributed by atoms with Crippen molar-refractivity contribution in [2.45, 2.75) is 12.8 Å². The van der Waals surface area contributed by atoms with E-state index in [1.807, 2.05) is 6.07 Å². The van der Waals surface area contributed by atoms with Crippen LogP contribution in [-0.2, 0) is 14.4 Å².